The van der Waals surface area contributed by atoms with Crippen molar-refractivity contribution in [1.29, 1.82) is 10.5 Å². The number of carbonyl (C=O) groups is 2. The Bertz CT molecular complexity index is 664. The summed E-state index contributed by atoms with van der Waals surface area (Å²) in [6, 6.07) is 4.28. The van der Waals surface area contributed by atoms with E-state index in [4.69, 9.17) is 0 Å². The van der Waals surface area contributed by atoms with Gasteiger partial charge in [0.25, 0.3) is 0 Å². The summed E-state index contributed by atoms with van der Waals surface area (Å²) in [5, 5.41) is 24.7. The van der Waals surface area contributed by atoms with Crippen molar-refractivity contribution in [2.45, 2.75) is 52.5 Å². The Balaban J connectivity index is 2.00. The van der Waals surface area contributed by atoms with Crippen LogP contribution in [0.3, 0.4) is 0 Å². The molecule has 134 valence electrons. The van der Waals surface area contributed by atoms with Crippen molar-refractivity contribution in [3.8, 4) is 12.1 Å². The van der Waals surface area contributed by atoms with Gasteiger partial charge < -0.3 is 10.6 Å². The lowest BCUT2D eigenvalue weighted by Gasteiger charge is -2.34. The quantitative estimate of drug-likeness (QED) is 0.801. The van der Waals surface area contributed by atoms with Crippen molar-refractivity contribution in [2.75, 3.05) is 5.75 Å². The Kier molecular flexibility index (Phi) is 6.13. The van der Waals surface area contributed by atoms with E-state index in [1.165, 1.54) is 0 Å². The highest BCUT2D eigenvalue weighted by Gasteiger charge is 2.44. The van der Waals surface area contributed by atoms with Gasteiger partial charge in [-0.15, -0.1) is 0 Å². The highest BCUT2D eigenvalue weighted by atomic mass is 32.2. The molecular weight excluding hydrogens is 336 g/mol. The van der Waals surface area contributed by atoms with Gasteiger partial charge in [-0.1, -0.05) is 32.5 Å². The van der Waals surface area contributed by atoms with Gasteiger partial charge in [0.15, 0.2) is 0 Å². The second-order valence-electron chi connectivity index (χ2n) is 7.40. The number of allylic oxidation sites excluding steroid dienone is 1. The van der Waals surface area contributed by atoms with E-state index in [1.807, 2.05) is 6.07 Å². The first-order valence-corrected chi connectivity index (χ1v) is 9.55. The Labute approximate surface area is 153 Å². The molecule has 6 nitrogen and oxygen atoms in total. The van der Waals surface area contributed by atoms with Crippen molar-refractivity contribution >= 4 is 23.6 Å². The maximum atomic E-state index is 12.2. The van der Waals surface area contributed by atoms with Crippen LogP contribution in [0.25, 0.3) is 0 Å². The number of hydrogen-bond donors (Lipinski definition) is 2. The maximum Gasteiger partial charge on any atom is 0.243 e. The Morgan fingerprint density at radius 3 is 2.52 bits per heavy atom. The lowest BCUT2D eigenvalue weighted by atomic mass is 9.72. The standard InChI is InChI=1S/C18H24N4O2S/c1-11-4-6-12(7-5-11)21-15(23)10-25-17-14(9-20)18(2,3)13(8-19)16(24)22-17/h11-13H,4-7,10H2,1-3H3,(H,21,23)(H,22,24)/t11?,12?,13-/m1/s1. The second-order valence-corrected chi connectivity index (χ2v) is 8.39. The molecule has 2 amide bonds. The summed E-state index contributed by atoms with van der Waals surface area (Å²) in [6.45, 7) is 5.65. The number of nitrogens with zero attached hydrogens (tertiary/aromatic N) is 2. The summed E-state index contributed by atoms with van der Waals surface area (Å²) < 4.78 is 0. The molecule has 2 N–H and O–H groups in total. The number of nitrogens with one attached hydrogen (secondary N) is 2. The molecule has 1 saturated carbocycles. The maximum absolute atomic E-state index is 12.2. The van der Waals surface area contributed by atoms with Crippen LogP contribution in [0.5, 0.6) is 0 Å². The van der Waals surface area contributed by atoms with E-state index >= 15 is 0 Å². The number of hydrogen-bond acceptors (Lipinski definition) is 5. The number of carbonyl (C=O) groups excluding carboxylic acids is 2. The molecule has 1 heterocycles. The van der Waals surface area contributed by atoms with Crippen LogP contribution in [-0.4, -0.2) is 23.6 Å². The summed E-state index contributed by atoms with van der Waals surface area (Å²) in [6.07, 6.45) is 4.25. The molecule has 1 fully saturated rings. The van der Waals surface area contributed by atoms with Gasteiger partial charge in [-0.05, 0) is 31.6 Å². The smallest absolute Gasteiger partial charge is 0.243 e. The molecule has 0 unspecified atom stereocenters. The van der Waals surface area contributed by atoms with Gasteiger partial charge in [0, 0.05) is 11.5 Å². The molecule has 7 heteroatoms. The van der Waals surface area contributed by atoms with E-state index in [2.05, 4.69) is 23.6 Å². The summed E-state index contributed by atoms with van der Waals surface area (Å²) in [7, 11) is 0. The molecule has 0 saturated heterocycles. The van der Waals surface area contributed by atoms with Crippen molar-refractivity contribution in [1.82, 2.24) is 10.6 Å². The summed E-state index contributed by atoms with van der Waals surface area (Å²) >= 11 is 1.15. The Hall–Kier alpha value is -1.99. The zero-order valence-corrected chi connectivity index (χ0v) is 15.7. The molecule has 0 radical (unpaired) electrons. The molecular formula is C18H24N4O2S. The van der Waals surface area contributed by atoms with Crippen molar-refractivity contribution in [2.24, 2.45) is 17.3 Å². The van der Waals surface area contributed by atoms with Crippen LogP contribution in [0.1, 0.15) is 46.5 Å². The van der Waals surface area contributed by atoms with E-state index in [9.17, 15) is 20.1 Å². The topological polar surface area (TPSA) is 106 Å². The summed E-state index contributed by atoms with van der Waals surface area (Å²) in [5.74, 6) is -0.567. The Morgan fingerprint density at radius 1 is 1.32 bits per heavy atom. The van der Waals surface area contributed by atoms with Crippen molar-refractivity contribution in [3.05, 3.63) is 10.6 Å². The first-order chi connectivity index (χ1) is 11.8. The average Bonchev–Trinajstić information content (AvgIpc) is 2.54. The lowest BCUT2D eigenvalue weighted by Crippen LogP contribution is -2.45. The van der Waals surface area contributed by atoms with Gasteiger partial charge in [0.2, 0.25) is 11.8 Å². The van der Waals surface area contributed by atoms with Gasteiger partial charge in [-0.2, -0.15) is 10.5 Å². The van der Waals surface area contributed by atoms with E-state index in [-0.39, 0.29) is 17.7 Å². The molecule has 0 aromatic rings. The van der Waals surface area contributed by atoms with E-state index in [0.717, 1.165) is 43.4 Å². The molecule has 1 aliphatic carbocycles. The van der Waals surface area contributed by atoms with Crippen LogP contribution in [0.15, 0.2) is 10.6 Å². The molecule has 25 heavy (non-hydrogen) atoms. The normalized spacial score (nSPS) is 28.5. The van der Waals surface area contributed by atoms with E-state index in [0.29, 0.717) is 10.6 Å². The fraction of sp³-hybridized carbons (Fsp3) is 0.667. The largest absolute Gasteiger partial charge is 0.353 e. The highest BCUT2D eigenvalue weighted by Crippen LogP contribution is 2.41. The number of rotatable bonds is 4. The third-order valence-electron chi connectivity index (χ3n) is 5.06. The van der Waals surface area contributed by atoms with Crippen LogP contribution < -0.4 is 10.6 Å². The molecule has 2 rings (SSSR count). The minimum atomic E-state index is -0.912. The predicted octanol–water partition coefficient (Wildman–Crippen LogP) is 2.45. The summed E-state index contributed by atoms with van der Waals surface area (Å²) in [4.78, 5) is 24.3. The molecule has 1 aliphatic heterocycles. The van der Waals surface area contributed by atoms with E-state index in [1.54, 1.807) is 13.8 Å². The predicted molar refractivity (Wildman–Crippen MR) is 95.7 cm³/mol. The van der Waals surface area contributed by atoms with Gasteiger partial charge in [0.1, 0.15) is 5.92 Å². The van der Waals surface area contributed by atoms with E-state index < -0.39 is 17.2 Å². The van der Waals surface area contributed by atoms with Gasteiger partial charge >= 0.3 is 0 Å². The van der Waals surface area contributed by atoms with Crippen LogP contribution >= 0.6 is 11.8 Å². The van der Waals surface area contributed by atoms with Crippen LogP contribution in [0.2, 0.25) is 0 Å². The molecule has 0 bridgehead atoms. The zero-order chi connectivity index (χ0) is 18.6. The first kappa shape index (κ1) is 19.3. The SMILES string of the molecule is CC1CCC(NC(=O)CSC2=C(C#N)C(C)(C)[C@H](C#N)C(=O)N2)CC1. The third kappa shape index (κ3) is 4.35. The fourth-order valence-electron chi connectivity index (χ4n) is 3.35. The molecule has 0 aromatic carbocycles. The highest BCUT2D eigenvalue weighted by molar-refractivity contribution is 8.03. The molecule has 0 aromatic heterocycles. The Morgan fingerprint density at radius 2 is 1.96 bits per heavy atom. The van der Waals surface area contributed by atoms with Gasteiger partial charge in [-0.3, -0.25) is 9.59 Å². The van der Waals surface area contributed by atoms with Gasteiger partial charge in [-0.25, -0.2) is 0 Å². The number of nitriles is 2. The van der Waals surface area contributed by atoms with Crippen LogP contribution in [0.4, 0.5) is 0 Å². The zero-order valence-electron chi connectivity index (χ0n) is 14.9. The molecule has 2 aliphatic rings. The van der Waals surface area contributed by atoms with Crippen LogP contribution in [0, 0.1) is 39.9 Å². The van der Waals surface area contributed by atoms with Crippen molar-refractivity contribution in [3.63, 3.8) is 0 Å². The fourth-order valence-corrected chi connectivity index (χ4v) is 4.33. The third-order valence-corrected chi connectivity index (χ3v) is 6.06. The summed E-state index contributed by atoms with van der Waals surface area (Å²) in [5.41, 5.74) is -0.521. The minimum absolute atomic E-state index is 0.0937. The molecule has 0 spiro atoms. The van der Waals surface area contributed by atoms with Gasteiger partial charge in [0.05, 0.1) is 28.5 Å². The number of amides is 2. The monoisotopic (exact) mass is 360 g/mol. The lowest BCUT2D eigenvalue weighted by molar-refractivity contribution is -0.125. The molecule has 1 atom stereocenters. The van der Waals surface area contributed by atoms with Crippen LogP contribution in [-0.2, 0) is 9.59 Å². The minimum Gasteiger partial charge on any atom is -0.353 e. The second kappa shape index (κ2) is 7.93. The van der Waals surface area contributed by atoms with Crippen molar-refractivity contribution < 1.29 is 9.59 Å². The number of thioether (sulfide) groups is 1. The first-order valence-electron chi connectivity index (χ1n) is 8.57. The average molecular weight is 360 g/mol.